The predicted octanol–water partition coefficient (Wildman–Crippen LogP) is 0.361. The van der Waals surface area contributed by atoms with E-state index < -0.39 is 0 Å². The normalized spacial score (nSPS) is 29.3. The Hall–Kier alpha value is -0.730. The first-order chi connectivity index (χ1) is 3.29. The number of amides is 1. The summed E-state index contributed by atoms with van der Waals surface area (Å²) >= 11 is 0. The molecule has 0 unspecified atom stereocenters. The van der Waals surface area contributed by atoms with Crippen LogP contribution in [0, 0.1) is 0 Å². The summed E-state index contributed by atoms with van der Waals surface area (Å²) in [6, 6.07) is 0. The van der Waals surface area contributed by atoms with Crippen molar-refractivity contribution in [3.05, 3.63) is 0 Å². The van der Waals surface area contributed by atoms with E-state index in [1.54, 1.807) is 0 Å². The van der Waals surface area contributed by atoms with E-state index in [1.807, 2.05) is 6.92 Å². The van der Waals surface area contributed by atoms with Crippen LogP contribution in [0.4, 0.5) is 4.79 Å². The Balaban J connectivity index is 0.000000490. The van der Waals surface area contributed by atoms with E-state index in [-0.39, 0.29) is 13.6 Å². The van der Waals surface area contributed by atoms with Crippen molar-refractivity contribution in [2.75, 3.05) is 6.54 Å². The molecule has 3 nitrogen and oxygen atoms in total. The zero-order valence-electron chi connectivity index (χ0n) is 4.10. The molecule has 0 saturated carbocycles. The lowest BCUT2D eigenvalue weighted by molar-refractivity contribution is 0.148. The van der Waals surface area contributed by atoms with Gasteiger partial charge in [0.15, 0.2) is 0 Å². The van der Waals surface area contributed by atoms with Gasteiger partial charge in [-0.25, -0.2) is 4.79 Å². The van der Waals surface area contributed by atoms with Crippen molar-refractivity contribution in [3.8, 4) is 0 Å². The largest absolute Gasteiger partial charge is 0.445 e. The highest BCUT2D eigenvalue weighted by Crippen LogP contribution is 1.95. The fourth-order valence-electron chi connectivity index (χ4n) is 0.493. The van der Waals surface area contributed by atoms with Crippen molar-refractivity contribution in [2.24, 2.45) is 0 Å². The number of ether oxygens (including phenoxy) is 1. The van der Waals surface area contributed by atoms with Gasteiger partial charge in [0.1, 0.15) is 6.10 Å². The van der Waals surface area contributed by atoms with Crippen LogP contribution in [-0.4, -0.2) is 18.7 Å². The summed E-state index contributed by atoms with van der Waals surface area (Å²) in [6.07, 6.45) is -0.236. The third kappa shape index (κ3) is 0.824. The van der Waals surface area contributed by atoms with Crippen LogP contribution in [0.5, 0.6) is 0 Å². The van der Waals surface area contributed by atoms with Gasteiger partial charge < -0.3 is 10.1 Å². The van der Waals surface area contributed by atoms with E-state index in [9.17, 15) is 4.79 Å². The standard InChI is InChI=1S/C4H7NO2.H2/c1-3-2-5-4(6)7-3;/h3H,2H2,1H3,(H,5,6);1H/t3-;/m0./s1. The van der Waals surface area contributed by atoms with Crippen LogP contribution < -0.4 is 5.32 Å². The van der Waals surface area contributed by atoms with E-state index in [0.29, 0.717) is 6.54 Å². The van der Waals surface area contributed by atoms with Gasteiger partial charge in [0.05, 0.1) is 6.54 Å². The molecule has 1 fully saturated rings. The molecule has 0 aromatic carbocycles. The number of alkyl carbamates (subject to hydrolysis) is 1. The van der Waals surface area contributed by atoms with Gasteiger partial charge in [-0.15, -0.1) is 0 Å². The van der Waals surface area contributed by atoms with Crippen LogP contribution in [-0.2, 0) is 4.74 Å². The minimum Gasteiger partial charge on any atom is -0.445 e. The average Bonchev–Trinajstić information content (AvgIpc) is 1.87. The third-order valence-electron chi connectivity index (χ3n) is 0.842. The van der Waals surface area contributed by atoms with Crippen LogP contribution in [0.2, 0.25) is 0 Å². The van der Waals surface area contributed by atoms with Crippen molar-refractivity contribution >= 4 is 6.09 Å². The van der Waals surface area contributed by atoms with Gasteiger partial charge in [0.2, 0.25) is 0 Å². The third-order valence-corrected chi connectivity index (χ3v) is 0.842. The molecule has 0 aromatic rings. The summed E-state index contributed by atoms with van der Waals surface area (Å²) in [5, 5.41) is 2.51. The van der Waals surface area contributed by atoms with Crippen molar-refractivity contribution in [1.29, 1.82) is 0 Å². The monoisotopic (exact) mass is 103 g/mol. The lowest BCUT2D eigenvalue weighted by atomic mass is 10.4. The summed E-state index contributed by atoms with van der Waals surface area (Å²) in [4.78, 5) is 10.1. The Bertz CT molecular complexity index is 96.0. The summed E-state index contributed by atoms with van der Waals surface area (Å²) in [5.74, 6) is 0. The van der Waals surface area contributed by atoms with E-state index in [1.165, 1.54) is 0 Å². The van der Waals surface area contributed by atoms with E-state index in [0.717, 1.165) is 0 Å². The molecule has 3 heteroatoms. The molecule has 0 radical (unpaired) electrons. The maximum Gasteiger partial charge on any atom is 0.407 e. The van der Waals surface area contributed by atoms with Gasteiger partial charge in [-0.05, 0) is 6.92 Å². The van der Waals surface area contributed by atoms with Crippen LogP contribution in [0.15, 0.2) is 0 Å². The zero-order valence-corrected chi connectivity index (χ0v) is 4.10. The van der Waals surface area contributed by atoms with Crippen LogP contribution in [0.3, 0.4) is 0 Å². The zero-order chi connectivity index (χ0) is 5.28. The highest BCUT2D eigenvalue weighted by molar-refractivity contribution is 5.69. The van der Waals surface area contributed by atoms with E-state index in [2.05, 4.69) is 10.1 Å². The Morgan fingerprint density at radius 1 is 2.14 bits per heavy atom. The minimum absolute atomic E-state index is 0. The number of hydrogen-bond acceptors (Lipinski definition) is 2. The molecule has 0 aliphatic carbocycles. The number of cyclic esters (lactones) is 1. The topological polar surface area (TPSA) is 38.3 Å². The number of nitrogens with one attached hydrogen (secondary N) is 1. The molecule has 1 heterocycles. The molecule has 1 saturated heterocycles. The molecule has 1 N–H and O–H groups in total. The molecule has 1 atom stereocenters. The molecular formula is C4H9NO2. The lowest BCUT2D eigenvalue weighted by Crippen LogP contribution is -2.12. The van der Waals surface area contributed by atoms with Crippen molar-refractivity contribution in [3.63, 3.8) is 0 Å². The highest BCUT2D eigenvalue weighted by atomic mass is 16.6. The van der Waals surface area contributed by atoms with Crippen molar-refractivity contribution < 1.29 is 11.0 Å². The summed E-state index contributed by atoms with van der Waals surface area (Å²) in [7, 11) is 0. The second kappa shape index (κ2) is 1.40. The molecule has 1 aliphatic rings. The Morgan fingerprint density at radius 2 is 2.86 bits per heavy atom. The Labute approximate surface area is 43.1 Å². The van der Waals surface area contributed by atoms with Gasteiger partial charge in [0.25, 0.3) is 0 Å². The van der Waals surface area contributed by atoms with Crippen LogP contribution in [0.25, 0.3) is 0 Å². The smallest absolute Gasteiger partial charge is 0.407 e. The molecule has 0 bridgehead atoms. The first-order valence-electron chi connectivity index (χ1n) is 2.23. The van der Waals surface area contributed by atoms with E-state index >= 15 is 0 Å². The van der Waals surface area contributed by atoms with Crippen LogP contribution in [0.1, 0.15) is 8.35 Å². The van der Waals surface area contributed by atoms with Gasteiger partial charge in [-0.2, -0.15) is 0 Å². The molecule has 42 valence electrons. The molecule has 1 aliphatic heterocycles. The summed E-state index contributed by atoms with van der Waals surface area (Å²) in [5.41, 5.74) is 0. The van der Waals surface area contributed by atoms with E-state index in [4.69, 9.17) is 0 Å². The summed E-state index contributed by atoms with van der Waals surface area (Å²) < 4.78 is 4.61. The summed E-state index contributed by atoms with van der Waals surface area (Å²) in [6.45, 7) is 2.50. The van der Waals surface area contributed by atoms with Crippen LogP contribution >= 0.6 is 0 Å². The number of carbonyl (C=O) groups is 1. The fraction of sp³-hybridized carbons (Fsp3) is 0.750. The second-order valence-corrected chi connectivity index (χ2v) is 1.60. The molecular weight excluding hydrogens is 94.0 g/mol. The Morgan fingerprint density at radius 3 is 3.00 bits per heavy atom. The molecule has 1 rings (SSSR count). The maximum absolute atomic E-state index is 10.1. The molecule has 7 heavy (non-hydrogen) atoms. The number of carbonyl (C=O) groups excluding carboxylic acids is 1. The SMILES string of the molecule is C[C@H]1CNC(=O)O1.[HH]. The average molecular weight is 103 g/mol. The second-order valence-electron chi connectivity index (χ2n) is 1.60. The van der Waals surface area contributed by atoms with Crippen molar-refractivity contribution in [2.45, 2.75) is 13.0 Å². The number of hydrogen-bond donors (Lipinski definition) is 1. The quantitative estimate of drug-likeness (QED) is 0.480. The molecule has 1 amide bonds. The van der Waals surface area contributed by atoms with Gasteiger partial charge in [-0.3, -0.25) is 0 Å². The fourth-order valence-corrected chi connectivity index (χ4v) is 0.493. The van der Waals surface area contributed by atoms with Gasteiger partial charge >= 0.3 is 6.09 Å². The van der Waals surface area contributed by atoms with Crippen molar-refractivity contribution in [1.82, 2.24) is 5.32 Å². The highest BCUT2D eigenvalue weighted by Gasteiger charge is 2.16. The van der Waals surface area contributed by atoms with Gasteiger partial charge in [0, 0.05) is 1.43 Å². The predicted molar refractivity (Wildman–Crippen MR) is 26.1 cm³/mol. The minimum atomic E-state index is -0.299. The number of rotatable bonds is 0. The molecule has 0 aromatic heterocycles. The molecule has 0 spiro atoms. The lowest BCUT2D eigenvalue weighted by Gasteiger charge is -1.92. The maximum atomic E-state index is 10.1. The van der Waals surface area contributed by atoms with Gasteiger partial charge in [-0.1, -0.05) is 0 Å². The Kier molecular flexibility index (Phi) is 0.889. The first kappa shape index (κ1) is 4.43. The first-order valence-corrected chi connectivity index (χ1v) is 2.23.